The molecule has 1 rings (SSSR count). The van der Waals surface area contributed by atoms with E-state index in [-0.39, 0.29) is 0 Å². The van der Waals surface area contributed by atoms with Gasteiger partial charge in [-0.1, -0.05) is 0 Å². The van der Waals surface area contributed by atoms with Crippen LogP contribution in [0.1, 0.15) is 0 Å². The summed E-state index contributed by atoms with van der Waals surface area (Å²) in [6.07, 6.45) is -4.81. The monoisotopic (exact) mass is 221 g/mol. The highest BCUT2D eigenvalue weighted by Gasteiger charge is 2.77. The van der Waals surface area contributed by atoms with Crippen molar-refractivity contribution in [3.05, 3.63) is 0 Å². The predicted octanol–water partition coefficient (Wildman–Crippen LogP) is -0.718. The van der Waals surface area contributed by atoms with E-state index >= 15 is 0 Å². The summed E-state index contributed by atoms with van der Waals surface area (Å²) in [7, 11) is 0. The summed E-state index contributed by atoms with van der Waals surface area (Å²) in [5.41, 5.74) is 0. The first-order chi connectivity index (χ1) is 6.15. The Morgan fingerprint density at radius 3 is 2.07 bits per heavy atom. The lowest BCUT2D eigenvalue weighted by molar-refractivity contribution is -0.399. The Balaban J connectivity index is 3.05. The van der Waals surface area contributed by atoms with Gasteiger partial charge in [-0.2, -0.15) is 14.7 Å². The van der Waals surface area contributed by atoms with E-state index in [2.05, 4.69) is 20.2 Å². The zero-order valence-corrected chi connectivity index (χ0v) is 6.17. The van der Waals surface area contributed by atoms with E-state index in [0.29, 0.717) is 0 Å². The largest absolute Gasteiger partial charge is 0.493 e. The molecule has 82 valence electrons. The topological polar surface area (TPSA) is 91.0 Å². The molecule has 0 amide bonds. The minimum atomic E-state index is -4.81. The lowest BCUT2D eigenvalue weighted by Crippen LogP contribution is -2.52. The number of hydrogen-bond acceptors (Lipinski definition) is 6. The predicted molar refractivity (Wildman–Crippen MR) is 27.3 cm³/mol. The third-order valence-electron chi connectivity index (χ3n) is 1.28. The van der Waals surface area contributed by atoms with Crippen LogP contribution in [0.5, 0.6) is 0 Å². The van der Waals surface area contributed by atoms with Crippen molar-refractivity contribution in [2.24, 2.45) is 5.90 Å². The second-order valence-corrected chi connectivity index (χ2v) is 2.23. The van der Waals surface area contributed by atoms with Crippen molar-refractivity contribution < 1.29 is 41.8 Å². The summed E-state index contributed by atoms with van der Waals surface area (Å²) in [5.74, 6) is -2.84. The molecule has 1 aliphatic rings. The van der Waals surface area contributed by atoms with Crippen molar-refractivity contribution in [3.8, 4) is 0 Å². The maximum Gasteiger partial charge on any atom is 0.493 e. The number of carbonyl (C=O) groups is 1. The molecule has 6 nitrogen and oxygen atoms in total. The van der Waals surface area contributed by atoms with Crippen LogP contribution < -0.4 is 5.90 Å². The number of rotatable bonds is 1. The zero-order chi connectivity index (χ0) is 11.2. The standard InChI is InChI=1S/C4H3F4NO5/c5-2(1(10)12-9)3(6,11)14-4(7,8)13-2/h11H,9H2. The van der Waals surface area contributed by atoms with Crippen LogP contribution in [0.2, 0.25) is 0 Å². The van der Waals surface area contributed by atoms with E-state index in [1.54, 1.807) is 0 Å². The van der Waals surface area contributed by atoms with E-state index < -0.39 is 24.2 Å². The Bertz CT molecular complexity index is 270. The van der Waals surface area contributed by atoms with Crippen LogP contribution in [-0.4, -0.2) is 29.3 Å². The first kappa shape index (κ1) is 11.1. The molecule has 0 aromatic rings. The average Bonchev–Trinajstić information content (AvgIpc) is 2.15. The Morgan fingerprint density at radius 1 is 1.29 bits per heavy atom. The van der Waals surface area contributed by atoms with E-state index in [1.165, 1.54) is 0 Å². The van der Waals surface area contributed by atoms with E-state index in [4.69, 9.17) is 5.11 Å². The molecule has 0 aromatic carbocycles. The van der Waals surface area contributed by atoms with Crippen LogP contribution in [0.4, 0.5) is 17.6 Å². The minimum absolute atomic E-state index is 2.40. The SMILES string of the molecule is NOC(=O)C1(F)OC(F)(F)OC1(O)F. The molecule has 3 N–H and O–H groups in total. The highest BCUT2D eigenvalue weighted by molar-refractivity contribution is 5.78. The number of alkyl halides is 4. The van der Waals surface area contributed by atoms with Gasteiger partial charge in [0.1, 0.15) is 0 Å². The Morgan fingerprint density at radius 2 is 1.79 bits per heavy atom. The summed E-state index contributed by atoms with van der Waals surface area (Å²) in [4.78, 5) is 13.5. The highest BCUT2D eigenvalue weighted by atomic mass is 19.3. The molecule has 1 heterocycles. The zero-order valence-electron chi connectivity index (χ0n) is 6.17. The van der Waals surface area contributed by atoms with Crippen molar-refractivity contribution in [1.82, 2.24) is 0 Å². The lowest BCUT2D eigenvalue weighted by Gasteiger charge is -2.19. The number of halogens is 4. The lowest BCUT2D eigenvalue weighted by atomic mass is 10.3. The van der Waals surface area contributed by atoms with E-state index in [0.717, 1.165) is 0 Å². The Hall–Kier alpha value is -0.970. The van der Waals surface area contributed by atoms with Gasteiger partial charge < -0.3 is 9.94 Å². The highest BCUT2D eigenvalue weighted by Crippen LogP contribution is 2.46. The maximum absolute atomic E-state index is 13.0. The number of aliphatic hydroxyl groups is 1. The van der Waals surface area contributed by atoms with Crippen LogP contribution >= 0.6 is 0 Å². The molecular formula is C4H3F4NO5. The second-order valence-electron chi connectivity index (χ2n) is 2.23. The first-order valence-electron chi connectivity index (χ1n) is 2.94. The van der Waals surface area contributed by atoms with Gasteiger partial charge in [0.15, 0.2) is 0 Å². The van der Waals surface area contributed by atoms with E-state index in [9.17, 15) is 22.4 Å². The number of ether oxygens (including phenoxy) is 2. The van der Waals surface area contributed by atoms with Gasteiger partial charge in [-0.15, -0.1) is 8.78 Å². The van der Waals surface area contributed by atoms with Gasteiger partial charge in [0, 0.05) is 0 Å². The molecule has 10 heteroatoms. The smallest absolute Gasteiger partial charge is 0.369 e. The minimum Gasteiger partial charge on any atom is -0.369 e. The molecule has 0 bridgehead atoms. The van der Waals surface area contributed by atoms with Crippen molar-refractivity contribution >= 4 is 5.97 Å². The first-order valence-corrected chi connectivity index (χ1v) is 2.94. The molecule has 0 saturated carbocycles. The quantitative estimate of drug-likeness (QED) is 0.448. The van der Waals surface area contributed by atoms with Gasteiger partial charge in [0.05, 0.1) is 0 Å². The summed E-state index contributed by atoms with van der Waals surface area (Å²) >= 11 is 0. The molecule has 1 fully saturated rings. The normalized spacial score (nSPS) is 41.0. The number of hydrogen-bond donors (Lipinski definition) is 2. The molecule has 1 aliphatic heterocycles. The molecule has 0 aliphatic carbocycles. The average molecular weight is 221 g/mol. The third-order valence-corrected chi connectivity index (χ3v) is 1.28. The van der Waals surface area contributed by atoms with Crippen LogP contribution in [0, 0.1) is 0 Å². The molecule has 0 aromatic heterocycles. The fourth-order valence-electron chi connectivity index (χ4n) is 0.714. The Labute approximate surface area is 73.1 Å². The van der Waals surface area contributed by atoms with Crippen LogP contribution in [-0.2, 0) is 19.1 Å². The summed E-state index contributed by atoms with van der Waals surface area (Å²) in [5, 5.41) is 8.33. The summed E-state index contributed by atoms with van der Waals surface area (Å²) < 4.78 is 55.4. The van der Waals surface area contributed by atoms with Crippen molar-refractivity contribution in [2.75, 3.05) is 0 Å². The van der Waals surface area contributed by atoms with E-state index in [1.807, 2.05) is 0 Å². The molecule has 2 unspecified atom stereocenters. The summed E-state index contributed by atoms with van der Waals surface area (Å²) in [6, 6.07) is -4.69. The molecule has 1 saturated heterocycles. The van der Waals surface area contributed by atoms with Gasteiger partial charge in [0.2, 0.25) is 0 Å². The fourth-order valence-corrected chi connectivity index (χ4v) is 0.714. The summed E-state index contributed by atoms with van der Waals surface area (Å²) in [6.45, 7) is 0. The van der Waals surface area contributed by atoms with Gasteiger partial charge in [-0.25, -0.2) is 14.3 Å². The second kappa shape index (κ2) is 2.76. The molecule has 0 spiro atoms. The van der Waals surface area contributed by atoms with Gasteiger partial charge in [-0.05, 0) is 0 Å². The number of nitrogens with two attached hydrogens (primary N) is 1. The Kier molecular flexibility index (Phi) is 2.19. The van der Waals surface area contributed by atoms with Crippen LogP contribution in [0.15, 0.2) is 0 Å². The molecular weight excluding hydrogens is 218 g/mol. The van der Waals surface area contributed by atoms with Crippen molar-refractivity contribution in [3.63, 3.8) is 0 Å². The molecule has 14 heavy (non-hydrogen) atoms. The van der Waals surface area contributed by atoms with Crippen molar-refractivity contribution in [2.45, 2.75) is 18.2 Å². The van der Waals surface area contributed by atoms with Gasteiger partial charge in [-0.3, -0.25) is 0 Å². The third kappa shape index (κ3) is 1.41. The maximum atomic E-state index is 13.0. The van der Waals surface area contributed by atoms with Crippen LogP contribution in [0.3, 0.4) is 0 Å². The van der Waals surface area contributed by atoms with Crippen molar-refractivity contribution in [1.29, 1.82) is 0 Å². The van der Waals surface area contributed by atoms with Gasteiger partial charge >= 0.3 is 24.2 Å². The molecule has 0 radical (unpaired) electrons. The van der Waals surface area contributed by atoms with Crippen LogP contribution in [0.25, 0.3) is 0 Å². The molecule has 2 atom stereocenters. The fraction of sp³-hybridized carbons (Fsp3) is 0.750. The number of carbonyl (C=O) groups excluding carboxylic acids is 1. The van der Waals surface area contributed by atoms with Gasteiger partial charge in [0.25, 0.3) is 0 Å².